The molecule has 1 N–H and O–H groups in total. The number of hydrogen-bond donors (Lipinski definition) is 1. The standard InChI is InChI=1S/C23H38O2.CH4/c1-22-14-4-3-6-16(22)9-11-18-19-12-10-17(7-5-8-21(24)25)23(19,2)15-13-20(18)22;/h16-20H,3-15H2,1-2H3,(H,24,25);1H4. The molecule has 0 aliphatic heterocycles. The van der Waals surface area contributed by atoms with Gasteiger partial charge >= 0.3 is 5.97 Å². The molecule has 2 nitrogen and oxygen atoms in total. The average molecular weight is 363 g/mol. The first-order chi connectivity index (χ1) is 11.9. The lowest BCUT2D eigenvalue weighted by Gasteiger charge is -2.60. The molecule has 7 unspecified atom stereocenters. The van der Waals surface area contributed by atoms with Crippen molar-refractivity contribution >= 4 is 5.97 Å². The van der Waals surface area contributed by atoms with Crippen LogP contribution in [0.5, 0.6) is 0 Å². The summed E-state index contributed by atoms with van der Waals surface area (Å²) in [5, 5.41) is 8.98. The fraction of sp³-hybridized carbons (Fsp3) is 0.958. The van der Waals surface area contributed by atoms with Gasteiger partial charge in [-0.3, -0.25) is 4.79 Å². The van der Waals surface area contributed by atoms with E-state index in [1.165, 1.54) is 64.2 Å². The van der Waals surface area contributed by atoms with Crippen LogP contribution in [0.15, 0.2) is 0 Å². The third-order valence-corrected chi connectivity index (χ3v) is 9.72. The fourth-order valence-corrected chi connectivity index (χ4v) is 8.38. The minimum atomic E-state index is -0.619. The van der Waals surface area contributed by atoms with E-state index in [4.69, 9.17) is 5.11 Å². The summed E-state index contributed by atoms with van der Waals surface area (Å²) in [7, 11) is 0. The largest absolute Gasteiger partial charge is 0.481 e. The number of carboxylic acid groups (broad SMARTS) is 1. The Morgan fingerprint density at radius 1 is 0.923 bits per heavy atom. The van der Waals surface area contributed by atoms with Gasteiger partial charge in [0.25, 0.3) is 0 Å². The van der Waals surface area contributed by atoms with E-state index >= 15 is 0 Å². The lowest BCUT2D eigenvalue weighted by Crippen LogP contribution is -2.52. The molecule has 4 fully saturated rings. The van der Waals surface area contributed by atoms with Gasteiger partial charge in [0.15, 0.2) is 0 Å². The van der Waals surface area contributed by atoms with Crippen LogP contribution in [0.3, 0.4) is 0 Å². The van der Waals surface area contributed by atoms with E-state index in [1.807, 2.05) is 0 Å². The molecule has 0 radical (unpaired) electrons. The fourth-order valence-electron chi connectivity index (χ4n) is 8.38. The SMILES string of the molecule is C.CC12CCCCC1CCC1C2CCC2(C)C(CCCC(=O)O)CCC12. The highest BCUT2D eigenvalue weighted by Gasteiger charge is 2.59. The van der Waals surface area contributed by atoms with E-state index in [9.17, 15) is 4.79 Å². The summed E-state index contributed by atoms with van der Waals surface area (Å²) in [6, 6.07) is 0. The summed E-state index contributed by atoms with van der Waals surface area (Å²) >= 11 is 0. The van der Waals surface area contributed by atoms with Gasteiger partial charge in [-0.25, -0.2) is 0 Å². The molecule has 0 amide bonds. The van der Waals surface area contributed by atoms with Crippen LogP contribution in [0, 0.1) is 40.4 Å². The molecule has 0 bridgehead atoms. The topological polar surface area (TPSA) is 37.3 Å². The maximum absolute atomic E-state index is 10.9. The van der Waals surface area contributed by atoms with E-state index in [2.05, 4.69) is 13.8 Å². The molecule has 0 aromatic heterocycles. The Kier molecular flexibility index (Phi) is 5.81. The van der Waals surface area contributed by atoms with Gasteiger partial charge in [0.2, 0.25) is 0 Å². The number of rotatable bonds is 4. The van der Waals surface area contributed by atoms with Crippen LogP contribution in [0.25, 0.3) is 0 Å². The second-order valence-electron chi connectivity index (χ2n) is 10.5. The van der Waals surface area contributed by atoms with Crippen LogP contribution < -0.4 is 0 Å². The first-order valence-electron chi connectivity index (χ1n) is 11.2. The molecule has 4 aliphatic carbocycles. The van der Waals surface area contributed by atoms with Crippen LogP contribution in [0.2, 0.25) is 0 Å². The van der Waals surface area contributed by atoms with Gasteiger partial charge in [-0.15, -0.1) is 0 Å². The Hall–Kier alpha value is -0.530. The summed E-state index contributed by atoms with van der Waals surface area (Å²) in [5.41, 5.74) is 1.15. The quantitative estimate of drug-likeness (QED) is 0.589. The molecule has 4 rings (SSSR count). The number of fused-ring (bicyclic) bond motifs is 5. The van der Waals surface area contributed by atoms with Crippen molar-refractivity contribution in [3.8, 4) is 0 Å². The number of carbonyl (C=O) groups is 1. The lowest BCUT2D eigenvalue weighted by atomic mass is 9.45. The lowest BCUT2D eigenvalue weighted by molar-refractivity contribution is -0.137. The van der Waals surface area contributed by atoms with Crippen molar-refractivity contribution in [2.75, 3.05) is 0 Å². The van der Waals surface area contributed by atoms with E-state index in [-0.39, 0.29) is 7.43 Å². The molecule has 4 saturated carbocycles. The van der Waals surface area contributed by atoms with Crippen molar-refractivity contribution in [2.24, 2.45) is 40.4 Å². The van der Waals surface area contributed by atoms with Gasteiger partial charge in [-0.2, -0.15) is 0 Å². The van der Waals surface area contributed by atoms with Crippen molar-refractivity contribution in [2.45, 2.75) is 105 Å². The van der Waals surface area contributed by atoms with Crippen LogP contribution >= 0.6 is 0 Å². The molecular weight excluding hydrogens is 320 g/mol. The predicted octanol–water partition coefficient (Wildman–Crippen LogP) is 6.93. The van der Waals surface area contributed by atoms with Gasteiger partial charge < -0.3 is 5.11 Å². The molecule has 26 heavy (non-hydrogen) atoms. The van der Waals surface area contributed by atoms with Gasteiger partial charge in [0.05, 0.1) is 0 Å². The van der Waals surface area contributed by atoms with Crippen LogP contribution in [0.4, 0.5) is 0 Å². The highest BCUT2D eigenvalue weighted by atomic mass is 16.4. The average Bonchev–Trinajstić information content (AvgIpc) is 2.91. The number of aliphatic carboxylic acids is 1. The summed E-state index contributed by atoms with van der Waals surface area (Å²) < 4.78 is 0. The minimum absolute atomic E-state index is 0. The maximum Gasteiger partial charge on any atom is 0.303 e. The molecular formula is C24H42O2. The monoisotopic (exact) mass is 362 g/mol. The van der Waals surface area contributed by atoms with Crippen LogP contribution in [-0.4, -0.2) is 11.1 Å². The number of carboxylic acids is 1. The van der Waals surface area contributed by atoms with Gasteiger partial charge in [-0.05, 0) is 105 Å². The zero-order valence-corrected chi connectivity index (χ0v) is 16.4. The molecule has 150 valence electrons. The van der Waals surface area contributed by atoms with E-state index < -0.39 is 5.97 Å². The molecule has 4 aliphatic rings. The third kappa shape index (κ3) is 3.14. The first kappa shape index (κ1) is 20.2. The Bertz CT molecular complexity index is 514. The second-order valence-corrected chi connectivity index (χ2v) is 10.5. The highest BCUT2D eigenvalue weighted by molar-refractivity contribution is 5.66. The molecule has 0 aromatic rings. The Morgan fingerprint density at radius 2 is 1.69 bits per heavy atom. The minimum Gasteiger partial charge on any atom is -0.481 e. The van der Waals surface area contributed by atoms with Crippen molar-refractivity contribution in [1.29, 1.82) is 0 Å². The van der Waals surface area contributed by atoms with Crippen molar-refractivity contribution in [3.63, 3.8) is 0 Å². The van der Waals surface area contributed by atoms with Gasteiger partial charge in [0.1, 0.15) is 0 Å². The van der Waals surface area contributed by atoms with Crippen molar-refractivity contribution < 1.29 is 9.90 Å². The van der Waals surface area contributed by atoms with E-state index in [0.29, 0.717) is 17.3 Å². The Morgan fingerprint density at radius 3 is 2.46 bits per heavy atom. The van der Waals surface area contributed by atoms with Gasteiger partial charge in [-0.1, -0.05) is 34.1 Å². The first-order valence-corrected chi connectivity index (χ1v) is 11.2. The van der Waals surface area contributed by atoms with Crippen LogP contribution in [0.1, 0.15) is 105 Å². The van der Waals surface area contributed by atoms with E-state index in [0.717, 1.165) is 42.4 Å². The Balaban J connectivity index is 0.00000196. The summed E-state index contributed by atoms with van der Waals surface area (Å²) in [6.07, 6.45) is 17.0. The molecule has 0 spiro atoms. The molecule has 7 atom stereocenters. The van der Waals surface area contributed by atoms with Gasteiger partial charge in [0, 0.05) is 6.42 Å². The van der Waals surface area contributed by atoms with Crippen LogP contribution in [-0.2, 0) is 4.79 Å². The highest BCUT2D eigenvalue weighted by Crippen LogP contribution is 2.67. The summed E-state index contributed by atoms with van der Waals surface area (Å²) in [5.74, 6) is 4.08. The number of hydrogen-bond acceptors (Lipinski definition) is 1. The maximum atomic E-state index is 10.9. The third-order valence-electron chi connectivity index (χ3n) is 9.72. The normalized spacial score (nSPS) is 47.2. The summed E-state index contributed by atoms with van der Waals surface area (Å²) in [4.78, 5) is 10.9. The second kappa shape index (κ2) is 7.47. The van der Waals surface area contributed by atoms with Crippen molar-refractivity contribution in [1.82, 2.24) is 0 Å². The Labute approximate surface area is 161 Å². The zero-order valence-electron chi connectivity index (χ0n) is 16.4. The van der Waals surface area contributed by atoms with Crippen molar-refractivity contribution in [3.05, 3.63) is 0 Å². The smallest absolute Gasteiger partial charge is 0.303 e. The molecule has 2 heteroatoms. The summed E-state index contributed by atoms with van der Waals surface area (Å²) in [6.45, 7) is 5.25. The molecule has 0 heterocycles. The molecule has 0 saturated heterocycles. The molecule has 0 aromatic carbocycles. The zero-order chi connectivity index (χ0) is 17.7. The predicted molar refractivity (Wildman–Crippen MR) is 108 cm³/mol. The van der Waals surface area contributed by atoms with E-state index in [1.54, 1.807) is 0 Å².